The lowest BCUT2D eigenvalue weighted by atomic mass is 10.2. The number of aromatic nitrogens is 4. The van der Waals surface area contributed by atoms with Gasteiger partial charge in [-0.05, 0) is 73.6 Å². The highest BCUT2D eigenvalue weighted by Crippen LogP contribution is 2.23. The summed E-state index contributed by atoms with van der Waals surface area (Å²) in [6.45, 7) is 4.86. The number of aryl methyl sites for hydroxylation is 1. The van der Waals surface area contributed by atoms with Gasteiger partial charge in [0.05, 0.1) is 0 Å². The number of thiocarbonyl (C=S) groups is 1. The van der Waals surface area contributed by atoms with Gasteiger partial charge < -0.3 is 15.5 Å². The van der Waals surface area contributed by atoms with Crippen molar-refractivity contribution in [1.82, 2.24) is 25.3 Å². The van der Waals surface area contributed by atoms with E-state index in [1.54, 1.807) is 18.5 Å². The highest BCUT2D eigenvalue weighted by atomic mass is 32.2. The highest BCUT2D eigenvalue weighted by molar-refractivity contribution is 7.99. The van der Waals surface area contributed by atoms with Crippen molar-refractivity contribution in [2.75, 3.05) is 23.3 Å². The third-order valence-corrected chi connectivity index (χ3v) is 5.71. The Hall–Kier alpha value is -2.78. The van der Waals surface area contributed by atoms with Crippen molar-refractivity contribution in [2.24, 2.45) is 0 Å². The van der Waals surface area contributed by atoms with E-state index in [1.165, 1.54) is 35.9 Å². The Bertz CT molecular complexity index is 990. The number of hydrogen-bond acceptors (Lipinski definition) is 7. The Morgan fingerprint density at radius 1 is 1.10 bits per heavy atom. The van der Waals surface area contributed by atoms with Gasteiger partial charge >= 0.3 is 0 Å². The second-order valence-electron chi connectivity index (χ2n) is 6.97. The van der Waals surface area contributed by atoms with Gasteiger partial charge in [-0.25, -0.2) is 19.9 Å². The average molecular weight is 438 g/mol. The normalized spacial score (nSPS) is 13.3. The Labute approximate surface area is 185 Å². The number of anilines is 2. The maximum absolute atomic E-state index is 5.42. The molecule has 154 valence electrons. The molecule has 1 saturated heterocycles. The summed E-state index contributed by atoms with van der Waals surface area (Å²) in [5.41, 5.74) is 3.30. The van der Waals surface area contributed by atoms with Gasteiger partial charge in [0.2, 0.25) is 5.95 Å². The quantitative estimate of drug-likeness (QED) is 0.340. The molecular weight excluding hydrogens is 414 g/mol. The van der Waals surface area contributed by atoms with Gasteiger partial charge in [0, 0.05) is 43.4 Å². The monoisotopic (exact) mass is 437 g/mol. The van der Waals surface area contributed by atoms with E-state index in [1.807, 2.05) is 13.0 Å². The van der Waals surface area contributed by atoms with E-state index in [0.29, 0.717) is 22.8 Å². The molecule has 30 heavy (non-hydrogen) atoms. The van der Waals surface area contributed by atoms with E-state index in [9.17, 15) is 0 Å². The highest BCUT2D eigenvalue weighted by Gasteiger charge is 2.12. The third kappa shape index (κ3) is 5.64. The van der Waals surface area contributed by atoms with E-state index < -0.39 is 0 Å². The van der Waals surface area contributed by atoms with Crippen LogP contribution in [0.25, 0.3) is 0 Å². The minimum Gasteiger partial charge on any atom is -0.372 e. The molecule has 1 aliphatic heterocycles. The number of hydrogen-bond donors (Lipinski definition) is 2. The molecule has 2 N–H and O–H groups in total. The summed E-state index contributed by atoms with van der Waals surface area (Å²) < 4.78 is 0. The zero-order valence-electron chi connectivity index (χ0n) is 16.7. The van der Waals surface area contributed by atoms with E-state index >= 15 is 0 Å². The van der Waals surface area contributed by atoms with Crippen LogP contribution < -0.4 is 15.5 Å². The third-order valence-electron chi connectivity index (χ3n) is 4.65. The Kier molecular flexibility index (Phi) is 6.70. The first-order valence-corrected chi connectivity index (χ1v) is 11.1. The first-order chi connectivity index (χ1) is 14.7. The zero-order chi connectivity index (χ0) is 20.8. The first-order valence-electron chi connectivity index (χ1n) is 9.85. The van der Waals surface area contributed by atoms with E-state index in [2.05, 4.69) is 59.7 Å². The molecule has 1 aliphatic rings. The SMILES string of the molecule is Cc1cc(Sc2ncccn2)nc(NC(=S)NCc2ccc(N3CCCC3)cc2)n1. The molecule has 0 atom stereocenters. The number of rotatable bonds is 6. The molecule has 0 aliphatic carbocycles. The summed E-state index contributed by atoms with van der Waals surface area (Å²) in [7, 11) is 0. The zero-order valence-corrected chi connectivity index (χ0v) is 18.3. The van der Waals surface area contributed by atoms with Crippen molar-refractivity contribution >= 4 is 40.7 Å². The molecule has 9 heteroatoms. The summed E-state index contributed by atoms with van der Waals surface area (Å²) in [5, 5.41) is 8.17. The fraction of sp³-hybridized carbons (Fsp3) is 0.286. The molecule has 0 spiro atoms. The molecule has 1 fully saturated rings. The van der Waals surface area contributed by atoms with Gasteiger partial charge in [0.15, 0.2) is 10.3 Å². The van der Waals surface area contributed by atoms with Crippen LogP contribution in [0.4, 0.5) is 11.6 Å². The van der Waals surface area contributed by atoms with Gasteiger partial charge in [-0.15, -0.1) is 0 Å². The van der Waals surface area contributed by atoms with Gasteiger partial charge in [0.25, 0.3) is 0 Å². The molecule has 1 aromatic carbocycles. The second-order valence-corrected chi connectivity index (χ2v) is 8.37. The van der Waals surface area contributed by atoms with Crippen LogP contribution in [0.1, 0.15) is 24.1 Å². The van der Waals surface area contributed by atoms with E-state index in [-0.39, 0.29) is 0 Å². The molecular formula is C21H23N7S2. The maximum Gasteiger partial charge on any atom is 0.230 e. The number of nitrogens with zero attached hydrogens (tertiary/aromatic N) is 5. The van der Waals surface area contributed by atoms with Crippen molar-refractivity contribution < 1.29 is 0 Å². The molecule has 0 amide bonds. The minimum absolute atomic E-state index is 0.454. The molecule has 0 bridgehead atoms. The lowest BCUT2D eigenvalue weighted by Gasteiger charge is -2.18. The topological polar surface area (TPSA) is 78.9 Å². The largest absolute Gasteiger partial charge is 0.372 e. The summed E-state index contributed by atoms with van der Waals surface area (Å²) in [5.74, 6) is 0.454. The van der Waals surface area contributed by atoms with E-state index in [4.69, 9.17) is 12.2 Å². The molecule has 3 aromatic rings. The molecule has 0 saturated carbocycles. The molecule has 4 rings (SSSR count). The number of benzene rings is 1. The summed E-state index contributed by atoms with van der Waals surface area (Å²) >= 11 is 6.81. The standard InChI is InChI=1S/C21H23N7S2/c1-15-13-18(30-21-22-9-4-10-23-21)26-19(25-15)27-20(29)24-14-16-5-7-17(8-6-16)28-11-2-3-12-28/h4-10,13H,2-3,11-12,14H2,1H3,(H2,24,25,26,27,29). The van der Waals surface area contributed by atoms with Gasteiger partial charge in [0.1, 0.15) is 5.03 Å². The van der Waals surface area contributed by atoms with Crippen molar-refractivity contribution in [3.8, 4) is 0 Å². The van der Waals surface area contributed by atoms with Crippen LogP contribution in [0.2, 0.25) is 0 Å². The summed E-state index contributed by atoms with van der Waals surface area (Å²) in [6, 6.07) is 12.3. The van der Waals surface area contributed by atoms with Gasteiger partial charge in [-0.2, -0.15) is 0 Å². The van der Waals surface area contributed by atoms with Crippen LogP contribution in [-0.2, 0) is 6.54 Å². The average Bonchev–Trinajstić information content (AvgIpc) is 3.28. The van der Waals surface area contributed by atoms with Crippen LogP contribution >= 0.6 is 24.0 Å². The molecule has 3 heterocycles. The fourth-order valence-electron chi connectivity index (χ4n) is 3.21. The van der Waals surface area contributed by atoms with Crippen LogP contribution in [-0.4, -0.2) is 38.1 Å². The predicted molar refractivity (Wildman–Crippen MR) is 124 cm³/mol. The lowest BCUT2D eigenvalue weighted by molar-refractivity contribution is 0.914. The summed E-state index contributed by atoms with van der Waals surface area (Å²) in [6.07, 6.45) is 5.98. The van der Waals surface area contributed by atoms with Gasteiger partial charge in [-0.1, -0.05) is 12.1 Å². The maximum atomic E-state index is 5.42. The smallest absolute Gasteiger partial charge is 0.230 e. The van der Waals surface area contributed by atoms with Crippen molar-refractivity contribution in [2.45, 2.75) is 36.5 Å². The predicted octanol–water partition coefficient (Wildman–Crippen LogP) is 3.81. The lowest BCUT2D eigenvalue weighted by Crippen LogP contribution is -2.28. The summed E-state index contributed by atoms with van der Waals surface area (Å²) in [4.78, 5) is 19.8. The van der Waals surface area contributed by atoms with Crippen molar-refractivity contribution in [1.29, 1.82) is 0 Å². The molecule has 0 unspecified atom stereocenters. The molecule has 0 radical (unpaired) electrons. The minimum atomic E-state index is 0.454. The fourth-order valence-corrected chi connectivity index (χ4v) is 4.15. The van der Waals surface area contributed by atoms with E-state index in [0.717, 1.165) is 23.8 Å². The van der Waals surface area contributed by atoms with Crippen LogP contribution in [0, 0.1) is 6.92 Å². The number of nitrogens with one attached hydrogen (secondary N) is 2. The van der Waals surface area contributed by atoms with Crippen LogP contribution in [0.3, 0.4) is 0 Å². The van der Waals surface area contributed by atoms with Crippen molar-refractivity contribution in [3.63, 3.8) is 0 Å². The first kappa shape index (κ1) is 20.5. The molecule has 2 aromatic heterocycles. The van der Waals surface area contributed by atoms with Crippen LogP contribution in [0.15, 0.2) is 59.0 Å². The molecule has 7 nitrogen and oxygen atoms in total. The van der Waals surface area contributed by atoms with Crippen molar-refractivity contribution in [3.05, 3.63) is 60.0 Å². The Morgan fingerprint density at radius 3 is 2.57 bits per heavy atom. The Balaban J connectivity index is 1.32. The second kappa shape index (κ2) is 9.82. The van der Waals surface area contributed by atoms with Crippen LogP contribution in [0.5, 0.6) is 0 Å². The Morgan fingerprint density at radius 2 is 1.83 bits per heavy atom. The van der Waals surface area contributed by atoms with Gasteiger partial charge in [-0.3, -0.25) is 0 Å².